The standard InChI is InChI=1S/C12H24N2O/c1-11(15)5-3-7-13-9-12-6-4-8-14(2)10-12/h12-13H,3-10H2,1-2H3. The van der Waals surface area contributed by atoms with E-state index in [4.69, 9.17) is 0 Å². The number of hydrogen-bond donors (Lipinski definition) is 1. The number of carbonyl (C=O) groups excluding carboxylic acids is 1. The lowest BCUT2D eigenvalue weighted by Crippen LogP contribution is -2.37. The lowest BCUT2D eigenvalue weighted by Gasteiger charge is -2.29. The van der Waals surface area contributed by atoms with Crippen molar-refractivity contribution in [3.05, 3.63) is 0 Å². The molecular formula is C12H24N2O. The first-order valence-electron chi connectivity index (χ1n) is 6.07. The highest BCUT2D eigenvalue weighted by Crippen LogP contribution is 2.13. The van der Waals surface area contributed by atoms with E-state index >= 15 is 0 Å². The second-order valence-electron chi connectivity index (χ2n) is 4.78. The molecule has 1 atom stereocenters. The van der Waals surface area contributed by atoms with Crippen LogP contribution in [0.25, 0.3) is 0 Å². The van der Waals surface area contributed by atoms with E-state index in [1.807, 2.05) is 0 Å². The zero-order valence-corrected chi connectivity index (χ0v) is 10.1. The largest absolute Gasteiger partial charge is 0.316 e. The van der Waals surface area contributed by atoms with Crippen LogP contribution in [-0.4, -0.2) is 43.9 Å². The Morgan fingerprint density at radius 3 is 3.00 bits per heavy atom. The molecule has 1 fully saturated rings. The summed E-state index contributed by atoms with van der Waals surface area (Å²) in [6.45, 7) is 6.23. The van der Waals surface area contributed by atoms with Gasteiger partial charge in [-0.05, 0) is 58.8 Å². The van der Waals surface area contributed by atoms with E-state index in [9.17, 15) is 4.79 Å². The van der Waals surface area contributed by atoms with Crippen molar-refractivity contribution in [2.75, 3.05) is 33.2 Å². The van der Waals surface area contributed by atoms with Gasteiger partial charge in [0.2, 0.25) is 0 Å². The molecule has 1 aliphatic rings. The molecule has 15 heavy (non-hydrogen) atoms. The van der Waals surface area contributed by atoms with E-state index in [-0.39, 0.29) is 0 Å². The third-order valence-electron chi connectivity index (χ3n) is 3.04. The highest BCUT2D eigenvalue weighted by Gasteiger charge is 2.16. The molecule has 0 saturated carbocycles. The van der Waals surface area contributed by atoms with Gasteiger partial charge in [0, 0.05) is 13.0 Å². The van der Waals surface area contributed by atoms with Crippen molar-refractivity contribution in [3.8, 4) is 0 Å². The van der Waals surface area contributed by atoms with Crippen LogP contribution in [0.4, 0.5) is 0 Å². The fourth-order valence-electron chi connectivity index (χ4n) is 2.21. The normalized spacial score (nSPS) is 22.9. The first-order chi connectivity index (χ1) is 7.18. The van der Waals surface area contributed by atoms with Gasteiger partial charge in [0.25, 0.3) is 0 Å². The molecule has 0 spiro atoms. The van der Waals surface area contributed by atoms with Crippen molar-refractivity contribution >= 4 is 5.78 Å². The van der Waals surface area contributed by atoms with Gasteiger partial charge in [0.15, 0.2) is 0 Å². The molecule has 0 aliphatic carbocycles. The summed E-state index contributed by atoms with van der Waals surface area (Å²) in [6, 6.07) is 0. The van der Waals surface area contributed by atoms with E-state index < -0.39 is 0 Å². The van der Waals surface area contributed by atoms with E-state index in [0.717, 1.165) is 31.8 Å². The first-order valence-corrected chi connectivity index (χ1v) is 6.07. The van der Waals surface area contributed by atoms with Gasteiger partial charge in [0.1, 0.15) is 5.78 Å². The predicted molar refractivity (Wildman–Crippen MR) is 63.0 cm³/mol. The lowest BCUT2D eigenvalue weighted by molar-refractivity contribution is -0.117. The lowest BCUT2D eigenvalue weighted by atomic mass is 9.98. The maximum absolute atomic E-state index is 10.7. The van der Waals surface area contributed by atoms with Crippen LogP contribution < -0.4 is 5.32 Å². The minimum absolute atomic E-state index is 0.300. The van der Waals surface area contributed by atoms with Gasteiger partial charge in [-0.3, -0.25) is 0 Å². The molecule has 88 valence electrons. The van der Waals surface area contributed by atoms with Crippen LogP contribution in [0, 0.1) is 5.92 Å². The third kappa shape index (κ3) is 5.90. The fraction of sp³-hybridized carbons (Fsp3) is 0.917. The van der Waals surface area contributed by atoms with Gasteiger partial charge < -0.3 is 15.0 Å². The predicted octanol–water partition coefficient (Wildman–Crippen LogP) is 1.29. The number of carbonyl (C=O) groups is 1. The highest BCUT2D eigenvalue weighted by atomic mass is 16.1. The Hall–Kier alpha value is -0.410. The van der Waals surface area contributed by atoms with Crippen LogP contribution in [0.3, 0.4) is 0 Å². The van der Waals surface area contributed by atoms with Crippen molar-refractivity contribution in [1.82, 2.24) is 10.2 Å². The number of likely N-dealkylation sites (tertiary alicyclic amines) is 1. The van der Waals surface area contributed by atoms with Crippen LogP contribution >= 0.6 is 0 Å². The van der Waals surface area contributed by atoms with Crippen molar-refractivity contribution in [2.45, 2.75) is 32.6 Å². The monoisotopic (exact) mass is 212 g/mol. The Balaban J connectivity index is 1.97. The molecule has 1 saturated heterocycles. The van der Waals surface area contributed by atoms with Crippen LogP contribution in [-0.2, 0) is 4.79 Å². The number of ketones is 1. The van der Waals surface area contributed by atoms with E-state index in [1.54, 1.807) is 6.92 Å². The summed E-state index contributed by atoms with van der Waals surface area (Å²) < 4.78 is 0. The second-order valence-corrected chi connectivity index (χ2v) is 4.78. The van der Waals surface area contributed by atoms with Crippen molar-refractivity contribution in [3.63, 3.8) is 0 Å². The molecule has 0 aromatic rings. The quantitative estimate of drug-likeness (QED) is 0.673. The summed E-state index contributed by atoms with van der Waals surface area (Å²) in [4.78, 5) is 13.1. The average Bonchev–Trinajstić information content (AvgIpc) is 2.17. The third-order valence-corrected chi connectivity index (χ3v) is 3.04. The summed E-state index contributed by atoms with van der Waals surface area (Å²) in [7, 11) is 2.20. The van der Waals surface area contributed by atoms with Gasteiger partial charge in [-0.25, -0.2) is 0 Å². The Morgan fingerprint density at radius 2 is 2.33 bits per heavy atom. The SMILES string of the molecule is CC(=O)CCCNCC1CCCN(C)C1. The fourth-order valence-corrected chi connectivity index (χ4v) is 2.21. The van der Waals surface area contributed by atoms with Gasteiger partial charge in [0.05, 0.1) is 0 Å². The van der Waals surface area contributed by atoms with Crippen LogP contribution in [0.2, 0.25) is 0 Å². The summed E-state index contributed by atoms with van der Waals surface area (Å²) >= 11 is 0. The van der Waals surface area contributed by atoms with Gasteiger partial charge >= 0.3 is 0 Å². The number of Topliss-reactive ketones (excluding diaryl/α,β-unsaturated/α-hetero) is 1. The Labute approximate surface area is 93.2 Å². The molecule has 1 rings (SSSR count). The summed E-state index contributed by atoms with van der Waals surface area (Å²) in [5.74, 6) is 1.11. The summed E-state index contributed by atoms with van der Waals surface area (Å²) in [5, 5.41) is 3.45. The summed E-state index contributed by atoms with van der Waals surface area (Å²) in [6.07, 6.45) is 4.38. The zero-order chi connectivity index (χ0) is 11.1. The second kappa shape index (κ2) is 6.96. The molecule has 1 unspecified atom stereocenters. The zero-order valence-electron chi connectivity index (χ0n) is 10.1. The maximum atomic E-state index is 10.7. The molecule has 3 nitrogen and oxygen atoms in total. The van der Waals surface area contributed by atoms with Gasteiger partial charge in [-0.1, -0.05) is 0 Å². The minimum Gasteiger partial charge on any atom is -0.316 e. The molecule has 0 aromatic carbocycles. The average molecular weight is 212 g/mol. The number of nitrogens with one attached hydrogen (secondary N) is 1. The number of piperidine rings is 1. The van der Waals surface area contributed by atoms with Crippen molar-refractivity contribution in [2.24, 2.45) is 5.92 Å². The van der Waals surface area contributed by atoms with Crippen LogP contribution in [0.5, 0.6) is 0 Å². The molecule has 3 heteroatoms. The Bertz CT molecular complexity index is 194. The Morgan fingerprint density at radius 1 is 1.53 bits per heavy atom. The molecule has 0 radical (unpaired) electrons. The first kappa shape index (κ1) is 12.7. The molecule has 0 aromatic heterocycles. The molecule has 0 amide bonds. The molecule has 0 bridgehead atoms. The number of rotatable bonds is 6. The van der Waals surface area contributed by atoms with Crippen LogP contribution in [0.15, 0.2) is 0 Å². The highest BCUT2D eigenvalue weighted by molar-refractivity contribution is 5.75. The Kier molecular flexibility index (Phi) is 5.88. The molecule has 1 heterocycles. The number of nitrogens with zero attached hydrogens (tertiary/aromatic N) is 1. The molecule has 1 aliphatic heterocycles. The van der Waals surface area contributed by atoms with E-state index in [1.165, 1.54) is 25.9 Å². The maximum Gasteiger partial charge on any atom is 0.129 e. The van der Waals surface area contributed by atoms with E-state index in [2.05, 4.69) is 17.3 Å². The van der Waals surface area contributed by atoms with Crippen molar-refractivity contribution in [1.29, 1.82) is 0 Å². The van der Waals surface area contributed by atoms with Crippen molar-refractivity contribution < 1.29 is 4.79 Å². The smallest absolute Gasteiger partial charge is 0.129 e. The molecular weight excluding hydrogens is 188 g/mol. The van der Waals surface area contributed by atoms with Gasteiger partial charge in [-0.15, -0.1) is 0 Å². The topological polar surface area (TPSA) is 32.3 Å². The minimum atomic E-state index is 0.300. The number of hydrogen-bond acceptors (Lipinski definition) is 3. The van der Waals surface area contributed by atoms with Gasteiger partial charge in [-0.2, -0.15) is 0 Å². The summed E-state index contributed by atoms with van der Waals surface area (Å²) in [5.41, 5.74) is 0. The van der Waals surface area contributed by atoms with E-state index in [0.29, 0.717) is 5.78 Å². The molecule has 1 N–H and O–H groups in total. The van der Waals surface area contributed by atoms with Crippen LogP contribution in [0.1, 0.15) is 32.6 Å².